The third-order valence-corrected chi connectivity index (χ3v) is 9.35. The first kappa shape index (κ1) is 29.6. The minimum absolute atomic E-state index is 0.0162. The smallest absolute Gasteiger partial charge is 0.264 e. The molecule has 0 spiro atoms. The molecule has 3 aromatic carbocycles. The summed E-state index contributed by atoms with van der Waals surface area (Å²) >= 11 is 6.01. The highest BCUT2D eigenvalue weighted by Gasteiger charge is 2.33. The molecule has 40 heavy (non-hydrogen) atoms. The van der Waals surface area contributed by atoms with Crippen molar-refractivity contribution in [1.82, 2.24) is 10.2 Å². The first-order valence-corrected chi connectivity index (χ1v) is 15.4. The van der Waals surface area contributed by atoms with Crippen molar-refractivity contribution >= 4 is 39.1 Å². The molecule has 1 atom stereocenters. The van der Waals surface area contributed by atoms with E-state index in [0.717, 1.165) is 46.7 Å². The number of aryl methyl sites for hydroxylation is 2. The van der Waals surface area contributed by atoms with Gasteiger partial charge in [-0.2, -0.15) is 0 Å². The van der Waals surface area contributed by atoms with E-state index >= 15 is 0 Å². The lowest BCUT2D eigenvalue weighted by Crippen LogP contribution is -2.52. The highest BCUT2D eigenvalue weighted by molar-refractivity contribution is 7.92. The monoisotopic (exact) mass is 581 g/mol. The van der Waals surface area contributed by atoms with Gasteiger partial charge >= 0.3 is 0 Å². The second-order valence-electron chi connectivity index (χ2n) is 10.5. The summed E-state index contributed by atoms with van der Waals surface area (Å²) in [5.41, 5.74) is 3.19. The first-order valence-electron chi connectivity index (χ1n) is 13.5. The molecule has 0 radical (unpaired) electrons. The van der Waals surface area contributed by atoms with Crippen molar-refractivity contribution in [1.29, 1.82) is 0 Å². The van der Waals surface area contributed by atoms with Crippen LogP contribution in [0.4, 0.5) is 5.69 Å². The highest BCUT2D eigenvalue weighted by Crippen LogP contribution is 2.26. The molecule has 212 valence electrons. The largest absolute Gasteiger partial charge is 0.352 e. The number of halogens is 1. The Balaban J connectivity index is 1.68. The molecule has 2 amide bonds. The Bertz CT molecular complexity index is 1440. The first-order chi connectivity index (χ1) is 19.0. The van der Waals surface area contributed by atoms with Crippen LogP contribution in [0.1, 0.15) is 49.3 Å². The summed E-state index contributed by atoms with van der Waals surface area (Å²) in [7, 11) is -4.13. The SMILES string of the molecule is Cc1ccc(N(CC(=O)N(Cc2cccc(C)c2)[C@@H](C)C(=O)NC2CCCC2)S(=O)(=O)c2ccc(Cl)cc2)cc1. The van der Waals surface area contributed by atoms with Gasteiger partial charge in [-0.05, 0) is 75.6 Å². The van der Waals surface area contributed by atoms with Crippen LogP contribution >= 0.6 is 11.6 Å². The maximum absolute atomic E-state index is 14.0. The van der Waals surface area contributed by atoms with Crippen molar-refractivity contribution < 1.29 is 18.0 Å². The van der Waals surface area contributed by atoms with E-state index in [1.807, 2.05) is 38.1 Å². The van der Waals surface area contributed by atoms with Crippen LogP contribution in [0.2, 0.25) is 5.02 Å². The Kier molecular flexibility index (Phi) is 9.53. The molecule has 1 saturated carbocycles. The lowest BCUT2D eigenvalue weighted by atomic mass is 10.1. The van der Waals surface area contributed by atoms with Gasteiger partial charge in [0.15, 0.2) is 0 Å². The van der Waals surface area contributed by atoms with Gasteiger partial charge in [0.1, 0.15) is 12.6 Å². The molecule has 0 saturated heterocycles. The fraction of sp³-hybridized carbons (Fsp3) is 0.355. The van der Waals surface area contributed by atoms with Gasteiger partial charge in [0.05, 0.1) is 10.6 Å². The van der Waals surface area contributed by atoms with Crippen molar-refractivity contribution in [2.24, 2.45) is 0 Å². The van der Waals surface area contributed by atoms with E-state index in [9.17, 15) is 18.0 Å². The van der Waals surface area contributed by atoms with E-state index in [0.29, 0.717) is 10.7 Å². The van der Waals surface area contributed by atoms with Gasteiger partial charge in [-0.3, -0.25) is 13.9 Å². The molecule has 1 aliphatic carbocycles. The quantitative estimate of drug-likeness (QED) is 0.336. The van der Waals surface area contributed by atoms with E-state index in [-0.39, 0.29) is 23.4 Å². The van der Waals surface area contributed by atoms with Crippen molar-refractivity contribution in [3.05, 3.63) is 94.5 Å². The summed E-state index contributed by atoms with van der Waals surface area (Å²) in [5, 5.41) is 3.49. The third-order valence-electron chi connectivity index (χ3n) is 7.31. The molecule has 0 bridgehead atoms. The second kappa shape index (κ2) is 12.9. The lowest BCUT2D eigenvalue weighted by molar-refractivity contribution is -0.139. The molecule has 1 aliphatic rings. The number of anilines is 1. The number of carbonyl (C=O) groups is 2. The zero-order valence-corrected chi connectivity index (χ0v) is 24.7. The fourth-order valence-electron chi connectivity index (χ4n) is 4.96. The van der Waals surface area contributed by atoms with Crippen LogP contribution in [-0.4, -0.2) is 43.8 Å². The zero-order valence-electron chi connectivity index (χ0n) is 23.1. The predicted octanol–water partition coefficient (Wildman–Crippen LogP) is 5.63. The molecule has 7 nitrogen and oxygen atoms in total. The normalized spacial score (nSPS) is 14.5. The predicted molar refractivity (Wildman–Crippen MR) is 159 cm³/mol. The number of hydrogen-bond donors (Lipinski definition) is 1. The Morgan fingerprint density at radius 1 is 0.950 bits per heavy atom. The van der Waals surface area contributed by atoms with Gasteiger partial charge < -0.3 is 10.2 Å². The van der Waals surface area contributed by atoms with Gasteiger partial charge in [0.2, 0.25) is 11.8 Å². The van der Waals surface area contributed by atoms with Crippen molar-refractivity contribution in [2.45, 2.75) is 70.0 Å². The number of hydrogen-bond acceptors (Lipinski definition) is 4. The summed E-state index contributed by atoms with van der Waals surface area (Å²) < 4.78 is 28.8. The van der Waals surface area contributed by atoms with Gasteiger partial charge in [-0.15, -0.1) is 0 Å². The number of amides is 2. The molecule has 3 aromatic rings. The summed E-state index contributed by atoms with van der Waals surface area (Å²) in [6, 6.07) is 19.8. The van der Waals surface area contributed by atoms with Crippen LogP contribution in [0, 0.1) is 13.8 Å². The number of rotatable bonds is 10. The maximum atomic E-state index is 14.0. The van der Waals surface area contributed by atoms with E-state index in [2.05, 4.69) is 5.32 Å². The number of nitrogens with zero attached hydrogens (tertiary/aromatic N) is 2. The number of sulfonamides is 1. The Morgan fingerprint density at radius 2 is 1.60 bits per heavy atom. The summed E-state index contributed by atoms with van der Waals surface area (Å²) in [6.07, 6.45) is 3.98. The van der Waals surface area contributed by atoms with E-state index < -0.39 is 28.5 Å². The minimum Gasteiger partial charge on any atom is -0.352 e. The Labute approximate surface area is 242 Å². The topological polar surface area (TPSA) is 86.8 Å². The average Bonchev–Trinajstić information content (AvgIpc) is 3.44. The van der Waals surface area contributed by atoms with Crippen LogP contribution in [0.15, 0.2) is 77.7 Å². The second-order valence-corrected chi connectivity index (χ2v) is 12.8. The zero-order chi connectivity index (χ0) is 28.9. The summed E-state index contributed by atoms with van der Waals surface area (Å²) in [6.45, 7) is 5.26. The number of benzene rings is 3. The van der Waals surface area contributed by atoms with E-state index in [1.165, 1.54) is 29.2 Å². The fourth-order valence-corrected chi connectivity index (χ4v) is 6.50. The maximum Gasteiger partial charge on any atom is 0.264 e. The minimum atomic E-state index is -4.13. The molecule has 0 aromatic heterocycles. The van der Waals surface area contributed by atoms with E-state index in [1.54, 1.807) is 31.2 Å². The van der Waals surface area contributed by atoms with Crippen LogP contribution in [0.25, 0.3) is 0 Å². The standard InChI is InChI=1S/C31H36ClN3O4S/c1-22-11-15-28(16-12-22)35(40(38,39)29-17-13-26(32)14-18-29)21-30(36)34(20-25-8-6-7-23(2)19-25)24(3)31(37)33-27-9-4-5-10-27/h6-8,11-19,24,27H,4-5,9-10,20-21H2,1-3H3,(H,33,37)/t24-/m0/s1. The third kappa shape index (κ3) is 7.23. The Morgan fingerprint density at radius 3 is 2.23 bits per heavy atom. The summed E-state index contributed by atoms with van der Waals surface area (Å²) in [5.74, 6) is -0.718. The van der Waals surface area contributed by atoms with Crippen LogP contribution in [-0.2, 0) is 26.2 Å². The summed E-state index contributed by atoms with van der Waals surface area (Å²) in [4.78, 5) is 28.8. The molecule has 0 unspecified atom stereocenters. The molecule has 0 aliphatic heterocycles. The number of nitrogens with one attached hydrogen (secondary N) is 1. The molecule has 9 heteroatoms. The molecule has 0 heterocycles. The van der Waals surface area contributed by atoms with Crippen LogP contribution in [0.3, 0.4) is 0 Å². The van der Waals surface area contributed by atoms with Crippen molar-refractivity contribution in [3.8, 4) is 0 Å². The molecular weight excluding hydrogens is 546 g/mol. The lowest BCUT2D eigenvalue weighted by Gasteiger charge is -2.32. The van der Waals surface area contributed by atoms with Crippen LogP contribution in [0.5, 0.6) is 0 Å². The number of carbonyl (C=O) groups excluding carboxylic acids is 2. The molecule has 1 N–H and O–H groups in total. The Hall–Kier alpha value is -3.36. The molecule has 1 fully saturated rings. The van der Waals surface area contributed by atoms with Crippen molar-refractivity contribution in [3.63, 3.8) is 0 Å². The van der Waals surface area contributed by atoms with Gasteiger partial charge in [-0.25, -0.2) is 8.42 Å². The molecule has 4 rings (SSSR count). The van der Waals surface area contributed by atoms with Gasteiger partial charge in [-0.1, -0.05) is 72.0 Å². The van der Waals surface area contributed by atoms with Crippen LogP contribution < -0.4 is 9.62 Å². The highest BCUT2D eigenvalue weighted by atomic mass is 35.5. The van der Waals surface area contributed by atoms with Crippen molar-refractivity contribution in [2.75, 3.05) is 10.8 Å². The average molecular weight is 582 g/mol. The van der Waals surface area contributed by atoms with E-state index in [4.69, 9.17) is 11.6 Å². The van der Waals surface area contributed by atoms with Gasteiger partial charge in [0, 0.05) is 17.6 Å². The van der Waals surface area contributed by atoms with Gasteiger partial charge in [0.25, 0.3) is 10.0 Å². The molecular formula is C31H36ClN3O4S.